The number of rotatable bonds is 12. The number of unbranched alkanes of at least 4 members (excludes halogenated alkanes) is 2. The number of aromatic nitrogens is 2. The molecule has 35 heavy (non-hydrogen) atoms. The summed E-state index contributed by atoms with van der Waals surface area (Å²) in [5.41, 5.74) is 5.77. The molecule has 1 N–H and O–H groups in total. The van der Waals surface area contributed by atoms with Crippen molar-refractivity contribution in [2.75, 3.05) is 6.54 Å². The Kier molecular flexibility index (Phi) is 8.74. The summed E-state index contributed by atoms with van der Waals surface area (Å²) in [7, 11) is 0. The van der Waals surface area contributed by atoms with Crippen molar-refractivity contribution in [1.82, 2.24) is 14.5 Å². The van der Waals surface area contributed by atoms with Gasteiger partial charge in [0.2, 0.25) is 0 Å². The van der Waals surface area contributed by atoms with Gasteiger partial charge in [0.05, 0.1) is 11.4 Å². The molecule has 0 radical (unpaired) electrons. The first-order valence-electron chi connectivity index (χ1n) is 12.9. The topological polar surface area (TPSA) is 41.3 Å². The summed E-state index contributed by atoms with van der Waals surface area (Å²) < 4.78 is 2.45. The molecule has 4 rings (SSSR count). The Balaban J connectivity index is 1.79. The number of phenols is 1. The molecular formula is C31H37N3O. The van der Waals surface area contributed by atoms with Gasteiger partial charge in [0.1, 0.15) is 11.6 Å². The zero-order valence-corrected chi connectivity index (χ0v) is 21.0. The largest absolute Gasteiger partial charge is 0.508 e. The third kappa shape index (κ3) is 6.40. The fraction of sp³-hybridized carbons (Fsp3) is 0.323. The molecule has 4 nitrogen and oxygen atoms in total. The zero-order valence-electron chi connectivity index (χ0n) is 21.0. The van der Waals surface area contributed by atoms with E-state index < -0.39 is 0 Å². The average molecular weight is 468 g/mol. The van der Waals surface area contributed by atoms with E-state index in [1.165, 1.54) is 5.69 Å². The quantitative estimate of drug-likeness (QED) is 0.234. The van der Waals surface area contributed by atoms with Gasteiger partial charge >= 0.3 is 0 Å². The predicted octanol–water partition coefficient (Wildman–Crippen LogP) is 7.53. The third-order valence-electron chi connectivity index (χ3n) is 6.41. The summed E-state index contributed by atoms with van der Waals surface area (Å²) in [6, 6.07) is 28.8. The summed E-state index contributed by atoms with van der Waals surface area (Å²) in [4.78, 5) is 7.75. The number of nitrogens with zero attached hydrogens (tertiary/aromatic N) is 3. The summed E-state index contributed by atoms with van der Waals surface area (Å²) in [6.45, 7) is 8.03. The molecule has 0 aliphatic carbocycles. The van der Waals surface area contributed by atoms with Crippen LogP contribution in [0.5, 0.6) is 5.75 Å². The second-order valence-electron chi connectivity index (χ2n) is 9.20. The maximum absolute atomic E-state index is 10.0. The van der Waals surface area contributed by atoms with Crippen LogP contribution >= 0.6 is 0 Å². The van der Waals surface area contributed by atoms with Crippen molar-refractivity contribution in [1.29, 1.82) is 0 Å². The number of benzene rings is 3. The lowest BCUT2D eigenvalue weighted by Crippen LogP contribution is -2.26. The molecule has 1 heterocycles. The van der Waals surface area contributed by atoms with Gasteiger partial charge in [-0.3, -0.25) is 4.90 Å². The van der Waals surface area contributed by atoms with Crippen LogP contribution in [0.15, 0.2) is 84.9 Å². The molecule has 0 spiro atoms. The van der Waals surface area contributed by atoms with Crippen LogP contribution in [0.2, 0.25) is 0 Å². The highest BCUT2D eigenvalue weighted by atomic mass is 16.3. The minimum atomic E-state index is 0.322. The van der Waals surface area contributed by atoms with Gasteiger partial charge in [0.25, 0.3) is 0 Å². The number of hydrogen-bond acceptors (Lipinski definition) is 3. The van der Waals surface area contributed by atoms with Crippen LogP contribution in [0.4, 0.5) is 0 Å². The van der Waals surface area contributed by atoms with Crippen molar-refractivity contribution < 1.29 is 5.11 Å². The van der Waals surface area contributed by atoms with E-state index in [2.05, 4.69) is 90.0 Å². The van der Waals surface area contributed by atoms with Crippen LogP contribution in [0.25, 0.3) is 22.6 Å². The number of imidazole rings is 1. The van der Waals surface area contributed by atoms with Crippen LogP contribution in [-0.2, 0) is 19.6 Å². The van der Waals surface area contributed by atoms with Crippen molar-refractivity contribution in [2.24, 2.45) is 0 Å². The second-order valence-corrected chi connectivity index (χ2v) is 9.20. The highest BCUT2D eigenvalue weighted by molar-refractivity contribution is 5.68. The Labute approximate surface area is 209 Å². The molecule has 0 atom stereocenters. The zero-order chi connectivity index (χ0) is 24.5. The van der Waals surface area contributed by atoms with E-state index in [-0.39, 0.29) is 0 Å². The van der Waals surface area contributed by atoms with E-state index in [9.17, 15) is 5.11 Å². The maximum atomic E-state index is 10.0. The number of phenolic OH excluding ortho intramolecular Hbond substituents is 1. The molecule has 3 aromatic carbocycles. The molecule has 4 aromatic rings. The molecular weight excluding hydrogens is 430 g/mol. The van der Waals surface area contributed by atoms with Gasteiger partial charge in [-0.1, -0.05) is 99.5 Å². The monoisotopic (exact) mass is 467 g/mol. The molecule has 0 amide bonds. The molecule has 182 valence electrons. The minimum absolute atomic E-state index is 0.322. The van der Waals surface area contributed by atoms with E-state index in [0.717, 1.165) is 80.1 Å². The fourth-order valence-corrected chi connectivity index (χ4v) is 4.56. The Bertz CT molecular complexity index is 1180. The maximum Gasteiger partial charge on any atom is 0.140 e. The third-order valence-corrected chi connectivity index (χ3v) is 6.41. The first-order chi connectivity index (χ1) is 17.2. The van der Waals surface area contributed by atoms with Crippen molar-refractivity contribution in [3.05, 3.63) is 96.2 Å². The van der Waals surface area contributed by atoms with Crippen LogP contribution < -0.4 is 0 Å². The standard InChI is InChI=1S/C31H37N3O/c1-3-5-20-33(23-25-14-13-19-28(35)22-25)24-29-30(26-15-9-7-10-16-26)32-31(34(29)21-6-4-2)27-17-11-8-12-18-27/h7-19,22,35H,3-6,20-21,23-24H2,1-2H3. The lowest BCUT2D eigenvalue weighted by Gasteiger charge is -2.24. The first-order valence-corrected chi connectivity index (χ1v) is 12.9. The highest BCUT2D eigenvalue weighted by Crippen LogP contribution is 2.31. The smallest absolute Gasteiger partial charge is 0.140 e. The summed E-state index contributed by atoms with van der Waals surface area (Å²) >= 11 is 0. The van der Waals surface area contributed by atoms with Crippen LogP contribution in [-0.4, -0.2) is 26.1 Å². The van der Waals surface area contributed by atoms with Gasteiger partial charge in [-0.15, -0.1) is 0 Å². The van der Waals surface area contributed by atoms with Crippen LogP contribution in [0.1, 0.15) is 50.8 Å². The predicted molar refractivity (Wildman–Crippen MR) is 145 cm³/mol. The molecule has 0 aliphatic rings. The van der Waals surface area contributed by atoms with Gasteiger partial charge in [-0.05, 0) is 37.1 Å². The molecule has 1 aromatic heterocycles. The van der Waals surface area contributed by atoms with Crippen LogP contribution in [0, 0.1) is 0 Å². The van der Waals surface area contributed by atoms with Crippen molar-refractivity contribution in [2.45, 2.75) is 59.2 Å². The second kappa shape index (κ2) is 12.4. The Morgan fingerprint density at radius 2 is 1.46 bits per heavy atom. The normalized spacial score (nSPS) is 11.3. The first kappa shape index (κ1) is 24.7. The van der Waals surface area contributed by atoms with Crippen molar-refractivity contribution in [3.63, 3.8) is 0 Å². The molecule has 0 unspecified atom stereocenters. The molecule has 0 aliphatic heterocycles. The molecule has 0 saturated carbocycles. The summed E-state index contributed by atoms with van der Waals surface area (Å²) in [5, 5.41) is 10.0. The van der Waals surface area contributed by atoms with Gasteiger partial charge in [-0.25, -0.2) is 4.98 Å². The Hall–Kier alpha value is -3.37. The van der Waals surface area contributed by atoms with Gasteiger partial charge in [0.15, 0.2) is 0 Å². The fourth-order valence-electron chi connectivity index (χ4n) is 4.56. The van der Waals surface area contributed by atoms with E-state index in [1.54, 1.807) is 6.07 Å². The Morgan fingerprint density at radius 1 is 0.771 bits per heavy atom. The lowest BCUT2D eigenvalue weighted by atomic mass is 10.1. The summed E-state index contributed by atoms with van der Waals surface area (Å²) in [5.74, 6) is 1.36. The van der Waals surface area contributed by atoms with Gasteiger partial charge < -0.3 is 9.67 Å². The number of aromatic hydroxyl groups is 1. The van der Waals surface area contributed by atoms with Gasteiger partial charge in [0, 0.05) is 30.8 Å². The molecule has 0 bridgehead atoms. The van der Waals surface area contributed by atoms with Crippen molar-refractivity contribution in [3.8, 4) is 28.4 Å². The Morgan fingerprint density at radius 3 is 2.11 bits per heavy atom. The average Bonchev–Trinajstić information content (AvgIpc) is 3.25. The molecule has 4 heteroatoms. The van der Waals surface area contributed by atoms with Crippen molar-refractivity contribution >= 4 is 0 Å². The molecule has 0 fully saturated rings. The molecule has 0 saturated heterocycles. The van der Waals surface area contributed by atoms with E-state index in [1.807, 2.05) is 12.1 Å². The van der Waals surface area contributed by atoms with Gasteiger partial charge in [-0.2, -0.15) is 0 Å². The summed E-state index contributed by atoms with van der Waals surface area (Å²) in [6.07, 6.45) is 4.52. The number of hydrogen-bond donors (Lipinski definition) is 1. The lowest BCUT2D eigenvalue weighted by molar-refractivity contribution is 0.246. The highest BCUT2D eigenvalue weighted by Gasteiger charge is 2.21. The van der Waals surface area contributed by atoms with E-state index >= 15 is 0 Å². The van der Waals surface area contributed by atoms with Crippen LogP contribution in [0.3, 0.4) is 0 Å². The SMILES string of the molecule is CCCCN(Cc1cccc(O)c1)Cc1c(-c2ccccc2)nc(-c2ccccc2)n1CCCC. The minimum Gasteiger partial charge on any atom is -0.508 e. The van der Waals surface area contributed by atoms with E-state index in [4.69, 9.17) is 4.98 Å². The van der Waals surface area contributed by atoms with E-state index in [0.29, 0.717) is 5.75 Å².